The van der Waals surface area contributed by atoms with Crippen molar-refractivity contribution < 1.29 is 4.52 Å². The lowest BCUT2D eigenvalue weighted by Gasteiger charge is -2.16. The van der Waals surface area contributed by atoms with Crippen LogP contribution in [-0.2, 0) is 6.42 Å². The Kier molecular flexibility index (Phi) is 4.66. The molecule has 1 N–H and O–H groups in total. The first kappa shape index (κ1) is 14.1. The second kappa shape index (κ2) is 6.25. The van der Waals surface area contributed by atoms with E-state index < -0.39 is 0 Å². The van der Waals surface area contributed by atoms with Gasteiger partial charge in [0.2, 0.25) is 5.89 Å². The third kappa shape index (κ3) is 3.61. The molecule has 0 amide bonds. The molecule has 5 nitrogen and oxygen atoms in total. The third-order valence-corrected chi connectivity index (χ3v) is 4.09. The van der Waals surface area contributed by atoms with E-state index in [-0.39, 0.29) is 5.92 Å². The molecular formula is C13H20N4OS. The number of hydrogen-bond donors (Lipinski definition) is 1. The molecule has 0 aromatic carbocycles. The highest BCUT2D eigenvalue weighted by Gasteiger charge is 2.20. The van der Waals surface area contributed by atoms with Crippen molar-refractivity contribution in [2.24, 2.45) is 0 Å². The number of likely N-dealkylation sites (N-methyl/N-ethyl adjacent to an activating group) is 1. The molecule has 2 aromatic rings. The number of aromatic nitrogens is 3. The van der Waals surface area contributed by atoms with Crippen LogP contribution in [0.3, 0.4) is 0 Å². The first-order valence-corrected chi connectivity index (χ1v) is 7.45. The minimum absolute atomic E-state index is 0.208. The number of rotatable bonds is 6. The summed E-state index contributed by atoms with van der Waals surface area (Å²) < 4.78 is 5.35. The molecule has 0 bridgehead atoms. The Morgan fingerprint density at radius 2 is 2.16 bits per heavy atom. The highest BCUT2D eigenvalue weighted by atomic mass is 32.1. The topological polar surface area (TPSA) is 63.8 Å². The van der Waals surface area contributed by atoms with Crippen molar-refractivity contribution >= 4 is 11.3 Å². The molecule has 2 rings (SSSR count). The molecule has 0 spiro atoms. The summed E-state index contributed by atoms with van der Waals surface area (Å²) in [6.07, 6.45) is 0.643. The van der Waals surface area contributed by atoms with Gasteiger partial charge >= 0.3 is 0 Å². The fourth-order valence-electron chi connectivity index (χ4n) is 1.86. The van der Waals surface area contributed by atoms with Crippen molar-refractivity contribution in [1.82, 2.24) is 20.4 Å². The van der Waals surface area contributed by atoms with E-state index in [0.29, 0.717) is 24.2 Å². The lowest BCUT2D eigenvalue weighted by atomic mass is 10.0. The maximum atomic E-state index is 5.35. The van der Waals surface area contributed by atoms with Gasteiger partial charge < -0.3 is 9.84 Å². The van der Waals surface area contributed by atoms with Gasteiger partial charge in [0.05, 0.1) is 12.3 Å². The van der Waals surface area contributed by atoms with Gasteiger partial charge in [-0.3, -0.25) is 0 Å². The summed E-state index contributed by atoms with van der Waals surface area (Å²) in [6.45, 7) is 9.24. The lowest BCUT2D eigenvalue weighted by molar-refractivity contribution is 0.330. The van der Waals surface area contributed by atoms with Crippen LogP contribution in [0.1, 0.15) is 49.1 Å². The highest BCUT2D eigenvalue weighted by Crippen LogP contribution is 2.19. The Morgan fingerprint density at radius 3 is 2.79 bits per heavy atom. The van der Waals surface area contributed by atoms with Crippen molar-refractivity contribution in [2.75, 3.05) is 6.54 Å². The maximum Gasteiger partial charge on any atom is 0.231 e. The van der Waals surface area contributed by atoms with Gasteiger partial charge in [-0.25, -0.2) is 4.98 Å². The van der Waals surface area contributed by atoms with Gasteiger partial charge in [0.15, 0.2) is 5.82 Å². The van der Waals surface area contributed by atoms with Gasteiger partial charge in [-0.15, -0.1) is 11.3 Å². The molecule has 0 radical (unpaired) electrons. The molecule has 2 aromatic heterocycles. The number of hydrogen-bond acceptors (Lipinski definition) is 6. The summed E-state index contributed by atoms with van der Waals surface area (Å²) in [7, 11) is 0. The van der Waals surface area contributed by atoms with E-state index in [9.17, 15) is 0 Å². The fourth-order valence-corrected chi connectivity index (χ4v) is 2.62. The normalized spacial score (nSPS) is 14.5. The Morgan fingerprint density at radius 1 is 1.37 bits per heavy atom. The molecule has 0 saturated carbocycles. The van der Waals surface area contributed by atoms with E-state index >= 15 is 0 Å². The average Bonchev–Trinajstić information content (AvgIpc) is 2.99. The van der Waals surface area contributed by atoms with Crippen molar-refractivity contribution in [1.29, 1.82) is 0 Å². The molecule has 0 fully saturated rings. The number of thiazole rings is 1. The Hall–Kier alpha value is -1.27. The lowest BCUT2D eigenvalue weighted by Crippen LogP contribution is -2.30. The van der Waals surface area contributed by atoms with Crippen LogP contribution < -0.4 is 5.32 Å². The SMILES string of the molecule is CCNC(C)C(C)c1nc(Cc2nc(C)cs2)no1. The molecule has 104 valence electrons. The monoisotopic (exact) mass is 280 g/mol. The smallest absolute Gasteiger partial charge is 0.231 e. The van der Waals surface area contributed by atoms with Gasteiger partial charge in [-0.2, -0.15) is 4.98 Å². The van der Waals surface area contributed by atoms with Crippen LogP contribution in [0.2, 0.25) is 0 Å². The van der Waals surface area contributed by atoms with Crippen LogP contribution >= 0.6 is 11.3 Å². The molecule has 6 heteroatoms. The largest absolute Gasteiger partial charge is 0.339 e. The van der Waals surface area contributed by atoms with Gasteiger partial charge in [-0.1, -0.05) is 19.0 Å². The second-order valence-corrected chi connectivity index (χ2v) is 5.69. The molecule has 0 aliphatic heterocycles. The fraction of sp³-hybridized carbons (Fsp3) is 0.615. The van der Waals surface area contributed by atoms with E-state index in [1.165, 1.54) is 0 Å². The number of nitrogens with zero attached hydrogens (tertiary/aromatic N) is 3. The zero-order chi connectivity index (χ0) is 13.8. The third-order valence-electron chi connectivity index (χ3n) is 3.13. The van der Waals surface area contributed by atoms with E-state index in [1.807, 2.05) is 12.3 Å². The molecule has 0 aliphatic carbocycles. The predicted octanol–water partition coefficient (Wildman–Crippen LogP) is 2.53. The van der Waals surface area contributed by atoms with Crippen LogP contribution in [0.4, 0.5) is 0 Å². The first-order valence-electron chi connectivity index (χ1n) is 6.57. The van der Waals surface area contributed by atoms with Gasteiger partial charge in [0.25, 0.3) is 0 Å². The summed E-state index contributed by atoms with van der Waals surface area (Å²) in [5, 5.41) is 10.5. The molecule has 2 atom stereocenters. The van der Waals surface area contributed by atoms with Crippen LogP contribution in [0.5, 0.6) is 0 Å². The Labute approximate surface area is 117 Å². The quantitative estimate of drug-likeness (QED) is 0.881. The van der Waals surface area contributed by atoms with Crippen molar-refractivity contribution in [2.45, 2.75) is 46.1 Å². The van der Waals surface area contributed by atoms with E-state index in [0.717, 1.165) is 17.2 Å². The Bertz CT molecular complexity index is 522. The maximum absolute atomic E-state index is 5.35. The second-order valence-electron chi connectivity index (χ2n) is 4.74. The van der Waals surface area contributed by atoms with E-state index in [4.69, 9.17) is 4.52 Å². The molecule has 0 saturated heterocycles. The minimum atomic E-state index is 0.208. The van der Waals surface area contributed by atoms with Crippen molar-refractivity contribution in [3.63, 3.8) is 0 Å². The van der Waals surface area contributed by atoms with E-state index in [2.05, 4.69) is 41.2 Å². The first-order chi connectivity index (χ1) is 9.10. The minimum Gasteiger partial charge on any atom is -0.339 e. The summed E-state index contributed by atoms with van der Waals surface area (Å²) in [5.41, 5.74) is 1.04. The molecule has 19 heavy (non-hydrogen) atoms. The van der Waals surface area contributed by atoms with E-state index in [1.54, 1.807) is 11.3 Å². The van der Waals surface area contributed by atoms with Crippen LogP contribution in [0.25, 0.3) is 0 Å². The highest BCUT2D eigenvalue weighted by molar-refractivity contribution is 7.09. The standard InChI is InChI=1S/C13H20N4OS/c1-5-14-10(4)9(3)13-16-11(17-18-13)6-12-15-8(2)7-19-12/h7,9-10,14H,5-6H2,1-4H3. The predicted molar refractivity (Wildman–Crippen MR) is 75.5 cm³/mol. The number of nitrogens with one attached hydrogen (secondary N) is 1. The van der Waals surface area contributed by atoms with Crippen molar-refractivity contribution in [3.05, 3.63) is 27.8 Å². The summed E-state index contributed by atoms with van der Waals surface area (Å²) in [5.74, 6) is 1.61. The van der Waals surface area contributed by atoms with Crippen LogP contribution in [-0.4, -0.2) is 27.7 Å². The average molecular weight is 280 g/mol. The van der Waals surface area contributed by atoms with Gasteiger partial charge in [0.1, 0.15) is 5.01 Å². The van der Waals surface area contributed by atoms with Gasteiger partial charge in [0, 0.05) is 17.1 Å². The molecule has 0 aliphatic rings. The Balaban J connectivity index is 2.02. The summed E-state index contributed by atoms with van der Waals surface area (Å²) in [4.78, 5) is 8.88. The summed E-state index contributed by atoms with van der Waals surface area (Å²) in [6, 6.07) is 0.320. The zero-order valence-corrected chi connectivity index (χ0v) is 12.6. The molecular weight excluding hydrogens is 260 g/mol. The number of aryl methyl sites for hydroxylation is 1. The van der Waals surface area contributed by atoms with Crippen LogP contribution in [0, 0.1) is 6.92 Å². The van der Waals surface area contributed by atoms with Gasteiger partial charge in [-0.05, 0) is 20.4 Å². The van der Waals surface area contributed by atoms with Crippen LogP contribution in [0.15, 0.2) is 9.90 Å². The zero-order valence-electron chi connectivity index (χ0n) is 11.8. The molecule has 2 unspecified atom stereocenters. The summed E-state index contributed by atoms with van der Waals surface area (Å²) >= 11 is 1.63. The van der Waals surface area contributed by atoms with Crippen molar-refractivity contribution in [3.8, 4) is 0 Å². The molecule has 2 heterocycles.